The van der Waals surface area contributed by atoms with Gasteiger partial charge in [-0.25, -0.2) is 9.97 Å². The molecule has 2 aromatic carbocycles. The number of benzene rings is 2. The average molecular weight is 383 g/mol. The smallest absolute Gasteiger partial charge is 0.274 e. The van der Waals surface area contributed by atoms with E-state index in [-0.39, 0.29) is 11.6 Å². The monoisotopic (exact) mass is 382 g/mol. The molecule has 1 heterocycles. The quantitative estimate of drug-likeness (QED) is 0.644. The largest absolute Gasteiger partial charge is 0.495 e. The van der Waals surface area contributed by atoms with Crippen molar-refractivity contribution in [1.29, 1.82) is 0 Å². The maximum Gasteiger partial charge on any atom is 0.274 e. The Hall–Kier alpha value is -3.12. The van der Waals surface area contributed by atoms with Gasteiger partial charge in [-0.1, -0.05) is 41.9 Å². The van der Waals surface area contributed by atoms with Crippen LogP contribution in [0, 0.1) is 0 Å². The first kappa shape index (κ1) is 18.7. The molecule has 0 bridgehead atoms. The molecule has 0 aliphatic heterocycles. The van der Waals surface area contributed by atoms with Crippen molar-refractivity contribution in [3.05, 3.63) is 77.1 Å². The van der Waals surface area contributed by atoms with Gasteiger partial charge in [0.15, 0.2) is 0 Å². The van der Waals surface area contributed by atoms with Crippen LogP contribution in [0.5, 0.6) is 5.75 Å². The number of aromatic nitrogens is 2. The van der Waals surface area contributed by atoms with E-state index in [0.29, 0.717) is 29.0 Å². The van der Waals surface area contributed by atoms with E-state index in [1.807, 2.05) is 18.2 Å². The molecular formula is C20H19ClN4O2. The van der Waals surface area contributed by atoms with Crippen LogP contribution < -0.4 is 15.4 Å². The third-order valence-corrected chi connectivity index (χ3v) is 4.07. The molecule has 3 rings (SSSR count). The third kappa shape index (κ3) is 5.18. The van der Waals surface area contributed by atoms with E-state index in [0.717, 1.165) is 6.42 Å². The predicted octanol–water partition coefficient (Wildman–Crippen LogP) is 4.05. The molecule has 0 saturated heterocycles. The van der Waals surface area contributed by atoms with E-state index >= 15 is 0 Å². The molecule has 7 heteroatoms. The number of anilines is 2. The minimum atomic E-state index is -0.371. The molecular weight excluding hydrogens is 364 g/mol. The molecule has 0 aliphatic rings. The maximum absolute atomic E-state index is 12.5. The molecule has 0 unspecified atom stereocenters. The highest BCUT2D eigenvalue weighted by atomic mass is 35.5. The lowest BCUT2D eigenvalue weighted by Crippen LogP contribution is -2.16. The topological polar surface area (TPSA) is 76.1 Å². The average Bonchev–Trinajstić information content (AvgIpc) is 2.69. The third-order valence-electron chi connectivity index (χ3n) is 3.84. The van der Waals surface area contributed by atoms with Gasteiger partial charge in [-0.15, -0.1) is 0 Å². The summed E-state index contributed by atoms with van der Waals surface area (Å²) in [6.07, 6.45) is 2.38. The van der Waals surface area contributed by atoms with E-state index in [1.54, 1.807) is 30.5 Å². The molecule has 0 spiro atoms. The number of carbonyl (C=O) groups is 1. The van der Waals surface area contributed by atoms with Crippen LogP contribution in [0.3, 0.4) is 0 Å². The second-order valence-electron chi connectivity index (χ2n) is 5.73. The van der Waals surface area contributed by atoms with Crippen LogP contribution in [0.1, 0.15) is 16.1 Å². The van der Waals surface area contributed by atoms with Crippen LogP contribution in [0.15, 0.2) is 60.8 Å². The van der Waals surface area contributed by atoms with E-state index in [1.165, 1.54) is 12.7 Å². The van der Waals surface area contributed by atoms with Gasteiger partial charge >= 0.3 is 0 Å². The molecule has 0 saturated carbocycles. The first-order valence-corrected chi connectivity index (χ1v) is 8.79. The van der Waals surface area contributed by atoms with E-state index in [2.05, 4.69) is 32.7 Å². The minimum absolute atomic E-state index is 0.245. The van der Waals surface area contributed by atoms with Crippen LogP contribution in [-0.2, 0) is 6.42 Å². The number of nitrogens with one attached hydrogen (secondary N) is 2. The second kappa shape index (κ2) is 9.00. The van der Waals surface area contributed by atoms with E-state index < -0.39 is 0 Å². The summed E-state index contributed by atoms with van der Waals surface area (Å²) < 4.78 is 5.24. The molecule has 1 aromatic heterocycles. The Bertz CT molecular complexity index is 919. The highest BCUT2D eigenvalue weighted by molar-refractivity contribution is 6.31. The fraction of sp³-hybridized carbons (Fsp3) is 0.150. The normalized spacial score (nSPS) is 10.3. The van der Waals surface area contributed by atoms with Crippen molar-refractivity contribution in [3.63, 3.8) is 0 Å². The van der Waals surface area contributed by atoms with E-state index in [9.17, 15) is 4.79 Å². The highest BCUT2D eigenvalue weighted by Gasteiger charge is 2.12. The van der Waals surface area contributed by atoms with Crippen molar-refractivity contribution < 1.29 is 9.53 Å². The molecule has 0 atom stereocenters. The molecule has 2 N–H and O–H groups in total. The molecule has 0 aliphatic carbocycles. The standard InChI is InChI=1S/C20H19ClN4O2/c1-27-18-8-7-15(21)13-17(18)24-19(26)16-10-12-23-20(25-16)22-11-9-14-5-3-2-4-6-14/h2-8,10,12-13H,9,11H2,1H3,(H,24,26)(H,22,23,25). The summed E-state index contributed by atoms with van der Waals surface area (Å²) in [4.78, 5) is 20.9. The Labute approximate surface area is 162 Å². The van der Waals surface area contributed by atoms with Crippen LogP contribution in [0.25, 0.3) is 0 Å². The van der Waals surface area contributed by atoms with Gasteiger partial charge in [0.05, 0.1) is 12.8 Å². The summed E-state index contributed by atoms with van der Waals surface area (Å²) in [5.41, 5.74) is 1.94. The van der Waals surface area contributed by atoms with Crippen LogP contribution in [-0.4, -0.2) is 29.5 Å². The predicted molar refractivity (Wildman–Crippen MR) is 107 cm³/mol. The second-order valence-corrected chi connectivity index (χ2v) is 6.16. The molecule has 0 radical (unpaired) electrons. The molecule has 0 fully saturated rings. The van der Waals surface area contributed by atoms with Crippen molar-refractivity contribution >= 4 is 29.1 Å². The zero-order valence-corrected chi connectivity index (χ0v) is 15.5. The van der Waals surface area contributed by atoms with Crippen molar-refractivity contribution in [1.82, 2.24) is 9.97 Å². The molecule has 3 aromatic rings. The Morgan fingerprint density at radius 2 is 1.96 bits per heavy atom. The van der Waals surface area contributed by atoms with Crippen LogP contribution in [0.2, 0.25) is 5.02 Å². The van der Waals surface area contributed by atoms with Gasteiger partial charge in [0.2, 0.25) is 5.95 Å². The summed E-state index contributed by atoms with van der Waals surface area (Å²) in [5, 5.41) is 6.39. The number of nitrogens with zero attached hydrogens (tertiary/aromatic N) is 2. The maximum atomic E-state index is 12.5. The fourth-order valence-corrected chi connectivity index (χ4v) is 2.67. The summed E-state index contributed by atoms with van der Waals surface area (Å²) in [5.74, 6) is 0.545. The zero-order chi connectivity index (χ0) is 19.1. The summed E-state index contributed by atoms with van der Waals surface area (Å²) in [7, 11) is 1.53. The number of hydrogen-bond donors (Lipinski definition) is 2. The van der Waals surface area contributed by atoms with Crippen LogP contribution >= 0.6 is 11.6 Å². The Balaban J connectivity index is 1.64. The molecule has 6 nitrogen and oxygen atoms in total. The van der Waals surface area contributed by atoms with Gasteiger partial charge in [-0.3, -0.25) is 4.79 Å². The lowest BCUT2D eigenvalue weighted by atomic mass is 10.1. The number of rotatable bonds is 7. The molecule has 138 valence electrons. The number of amides is 1. The summed E-state index contributed by atoms with van der Waals surface area (Å²) >= 11 is 5.99. The Morgan fingerprint density at radius 1 is 1.15 bits per heavy atom. The number of hydrogen-bond acceptors (Lipinski definition) is 5. The van der Waals surface area contributed by atoms with Crippen LogP contribution in [0.4, 0.5) is 11.6 Å². The summed E-state index contributed by atoms with van der Waals surface area (Å²) in [6, 6.07) is 16.7. The number of methoxy groups -OCH3 is 1. The first-order chi connectivity index (χ1) is 13.2. The molecule has 1 amide bonds. The fourth-order valence-electron chi connectivity index (χ4n) is 2.50. The minimum Gasteiger partial charge on any atom is -0.495 e. The van der Waals surface area contributed by atoms with Gasteiger partial charge < -0.3 is 15.4 Å². The zero-order valence-electron chi connectivity index (χ0n) is 14.8. The van der Waals surface area contributed by atoms with Crippen molar-refractivity contribution in [2.24, 2.45) is 0 Å². The van der Waals surface area contributed by atoms with Crippen molar-refractivity contribution in [2.45, 2.75) is 6.42 Å². The summed E-state index contributed by atoms with van der Waals surface area (Å²) in [6.45, 7) is 0.664. The Morgan fingerprint density at radius 3 is 2.74 bits per heavy atom. The number of ether oxygens (including phenoxy) is 1. The van der Waals surface area contributed by atoms with E-state index in [4.69, 9.17) is 16.3 Å². The number of carbonyl (C=O) groups excluding carboxylic acids is 1. The van der Waals surface area contributed by atoms with Crippen molar-refractivity contribution in [3.8, 4) is 5.75 Å². The lowest BCUT2D eigenvalue weighted by Gasteiger charge is -2.11. The van der Waals surface area contributed by atoms with Crippen molar-refractivity contribution in [2.75, 3.05) is 24.3 Å². The number of halogens is 1. The van der Waals surface area contributed by atoms with Gasteiger partial charge in [0.25, 0.3) is 5.91 Å². The highest BCUT2D eigenvalue weighted by Crippen LogP contribution is 2.28. The van der Waals surface area contributed by atoms with Gasteiger partial charge in [0, 0.05) is 17.8 Å². The van der Waals surface area contributed by atoms with Gasteiger partial charge in [0.1, 0.15) is 11.4 Å². The first-order valence-electron chi connectivity index (χ1n) is 8.41. The Kier molecular flexibility index (Phi) is 6.22. The SMILES string of the molecule is COc1ccc(Cl)cc1NC(=O)c1ccnc(NCCc2ccccc2)n1. The molecule has 27 heavy (non-hydrogen) atoms. The lowest BCUT2D eigenvalue weighted by molar-refractivity contribution is 0.102. The van der Waals surface area contributed by atoms with Gasteiger partial charge in [-0.05, 0) is 36.2 Å². The van der Waals surface area contributed by atoms with Gasteiger partial charge in [-0.2, -0.15) is 0 Å².